The number of hydrogen-bond acceptors (Lipinski definition) is 3. The Labute approximate surface area is 88.0 Å². The molecule has 1 fully saturated rings. The summed E-state index contributed by atoms with van der Waals surface area (Å²) in [6.07, 6.45) is 1.75. The second-order valence-corrected chi connectivity index (χ2v) is 3.97. The lowest BCUT2D eigenvalue weighted by Crippen LogP contribution is -2.05. The normalized spacial score (nSPS) is 23.5. The van der Waals surface area contributed by atoms with Crippen LogP contribution in [0.4, 0.5) is 0 Å². The molecule has 2 aliphatic heterocycles. The molecule has 0 radical (unpaired) electrons. The zero-order valence-corrected chi connectivity index (χ0v) is 8.36. The lowest BCUT2D eigenvalue weighted by atomic mass is 9.95. The molecule has 0 N–H and O–H groups in total. The Balaban J connectivity index is 1.95. The number of rotatable bonds is 1. The van der Waals surface area contributed by atoms with Crippen LogP contribution in [0, 0.1) is 0 Å². The fraction of sp³-hybridized carbons (Fsp3) is 0.417. The summed E-state index contributed by atoms with van der Waals surface area (Å²) < 4.78 is 10.4. The molecule has 1 saturated heterocycles. The van der Waals surface area contributed by atoms with E-state index in [4.69, 9.17) is 9.47 Å². The smallest absolute Gasteiger partial charge is 0.313 e. The lowest BCUT2D eigenvalue weighted by molar-refractivity contribution is -0.139. The molecule has 2 aliphatic rings. The molecule has 2 heterocycles. The van der Waals surface area contributed by atoms with E-state index in [1.165, 1.54) is 5.56 Å². The highest BCUT2D eigenvalue weighted by atomic mass is 16.5. The van der Waals surface area contributed by atoms with Gasteiger partial charge >= 0.3 is 5.97 Å². The summed E-state index contributed by atoms with van der Waals surface area (Å²) in [7, 11) is 0. The fourth-order valence-corrected chi connectivity index (χ4v) is 2.22. The van der Waals surface area contributed by atoms with Crippen molar-refractivity contribution in [3.8, 4) is 5.75 Å². The average molecular weight is 204 g/mol. The molecule has 0 bridgehead atoms. The third-order valence-corrected chi connectivity index (χ3v) is 3.05. The molecule has 1 aromatic rings. The quantitative estimate of drug-likeness (QED) is 0.652. The maximum atomic E-state index is 11.4. The summed E-state index contributed by atoms with van der Waals surface area (Å²) in [4.78, 5) is 11.4. The predicted octanol–water partition coefficient (Wildman–Crippen LogP) is 1.65. The second kappa shape index (κ2) is 3.26. The van der Waals surface area contributed by atoms with E-state index in [0.717, 1.165) is 30.8 Å². The van der Waals surface area contributed by atoms with Gasteiger partial charge in [0.2, 0.25) is 0 Å². The maximum Gasteiger partial charge on any atom is 0.313 e. The van der Waals surface area contributed by atoms with Gasteiger partial charge in [-0.1, -0.05) is 12.1 Å². The van der Waals surface area contributed by atoms with E-state index < -0.39 is 0 Å². The van der Waals surface area contributed by atoms with Crippen LogP contribution in [0.1, 0.15) is 23.5 Å². The van der Waals surface area contributed by atoms with Gasteiger partial charge in [0.25, 0.3) is 0 Å². The van der Waals surface area contributed by atoms with Crippen LogP contribution in [0.2, 0.25) is 0 Å². The van der Waals surface area contributed by atoms with E-state index >= 15 is 0 Å². The van der Waals surface area contributed by atoms with Crippen LogP contribution in [-0.4, -0.2) is 19.2 Å². The van der Waals surface area contributed by atoms with Gasteiger partial charge in [0.05, 0.1) is 19.1 Å². The molecule has 3 nitrogen and oxygen atoms in total. The molecule has 1 aromatic carbocycles. The van der Waals surface area contributed by atoms with Crippen LogP contribution in [0.25, 0.3) is 0 Å². The third kappa shape index (κ3) is 1.39. The van der Waals surface area contributed by atoms with Gasteiger partial charge < -0.3 is 9.47 Å². The molecule has 0 spiro atoms. The first-order valence-electron chi connectivity index (χ1n) is 5.27. The second-order valence-electron chi connectivity index (χ2n) is 3.97. The van der Waals surface area contributed by atoms with Crippen LogP contribution in [0.15, 0.2) is 18.2 Å². The zero-order valence-electron chi connectivity index (χ0n) is 8.36. The van der Waals surface area contributed by atoms with Crippen molar-refractivity contribution in [1.29, 1.82) is 0 Å². The molecule has 3 heteroatoms. The molecule has 1 atom stereocenters. The number of carbonyl (C=O) groups is 1. The van der Waals surface area contributed by atoms with Gasteiger partial charge in [-0.3, -0.25) is 4.79 Å². The van der Waals surface area contributed by atoms with E-state index in [-0.39, 0.29) is 11.9 Å². The van der Waals surface area contributed by atoms with Crippen molar-refractivity contribution in [3.05, 3.63) is 29.3 Å². The van der Waals surface area contributed by atoms with Crippen LogP contribution in [0.3, 0.4) is 0 Å². The zero-order chi connectivity index (χ0) is 10.3. The molecule has 1 unspecified atom stereocenters. The van der Waals surface area contributed by atoms with Crippen molar-refractivity contribution in [2.45, 2.75) is 18.8 Å². The molecule has 15 heavy (non-hydrogen) atoms. The first-order valence-corrected chi connectivity index (χ1v) is 5.27. The van der Waals surface area contributed by atoms with Gasteiger partial charge in [0, 0.05) is 6.42 Å². The molecule has 0 saturated carbocycles. The number of cyclic esters (lactones) is 1. The number of benzene rings is 1. The van der Waals surface area contributed by atoms with Crippen molar-refractivity contribution in [3.63, 3.8) is 0 Å². The number of fused-ring (bicyclic) bond motifs is 1. The fourth-order valence-electron chi connectivity index (χ4n) is 2.22. The van der Waals surface area contributed by atoms with Gasteiger partial charge in [-0.05, 0) is 23.6 Å². The Morgan fingerprint density at radius 1 is 1.20 bits per heavy atom. The summed E-state index contributed by atoms with van der Waals surface area (Å²) in [6, 6.07) is 6.02. The van der Waals surface area contributed by atoms with E-state index in [1.807, 2.05) is 12.1 Å². The Morgan fingerprint density at radius 2 is 2.13 bits per heavy atom. The van der Waals surface area contributed by atoms with E-state index in [0.29, 0.717) is 6.61 Å². The Morgan fingerprint density at radius 3 is 2.93 bits per heavy atom. The number of hydrogen-bond donors (Lipinski definition) is 0. The van der Waals surface area contributed by atoms with Gasteiger partial charge in [-0.15, -0.1) is 0 Å². The minimum atomic E-state index is -0.0890. The summed E-state index contributed by atoms with van der Waals surface area (Å²) >= 11 is 0. The molecule has 0 amide bonds. The van der Waals surface area contributed by atoms with E-state index in [1.54, 1.807) is 0 Å². The molecule has 3 rings (SSSR count). The van der Waals surface area contributed by atoms with Gasteiger partial charge in [-0.25, -0.2) is 0 Å². The van der Waals surface area contributed by atoms with Crippen LogP contribution in [-0.2, 0) is 16.0 Å². The highest BCUT2D eigenvalue weighted by molar-refractivity contribution is 5.80. The van der Waals surface area contributed by atoms with Crippen LogP contribution < -0.4 is 4.74 Å². The molecule has 0 aromatic heterocycles. The molecule has 0 aliphatic carbocycles. The highest BCUT2D eigenvalue weighted by Gasteiger charge is 2.29. The van der Waals surface area contributed by atoms with Gasteiger partial charge in [0.1, 0.15) is 5.75 Å². The minimum absolute atomic E-state index is 0.0594. The maximum absolute atomic E-state index is 11.4. The molecule has 78 valence electrons. The van der Waals surface area contributed by atoms with Gasteiger partial charge in [0.15, 0.2) is 0 Å². The van der Waals surface area contributed by atoms with Crippen LogP contribution >= 0.6 is 0 Å². The topological polar surface area (TPSA) is 35.5 Å². The first kappa shape index (κ1) is 8.77. The largest absolute Gasteiger partial charge is 0.493 e. The highest BCUT2D eigenvalue weighted by Crippen LogP contribution is 2.32. The lowest BCUT2D eigenvalue weighted by Gasteiger charge is -2.07. The van der Waals surface area contributed by atoms with Crippen molar-refractivity contribution >= 4 is 5.97 Å². The standard InChI is InChI=1S/C12H12O3/c13-12-10(4-6-15-12)8-1-2-11-9(7-8)3-5-14-11/h1-2,7,10H,3-6H2. The predicted molar refractivity (Wildman–Crippen MR) is 54.0 cm³/mol. The third-order valence-electron chi connectivity index (χ3n) is 3.05. The Bertz CT molecular complexity index is 411. The Kier molecular flexibility index (Phi) is 1.91. The summed E-state index contributed by atoms with van der Waals surface area (Å²) in [6.45, 7) is 1.31. The summed E-state index contributed by atoms with van der Waals surface area (Å²) in [5, 5.41) is 0. The number of carbonyl (C=O) groups excluding carboxylic acids is 1. The Hall–Kier alpha value is -1.51. The summed E-state index contributed by atoms with van der Waals surface area (Å²) in [5.41, 5.74) is 2.29. The minimum Gasteiger partial charge on any atom is -0.493 e. The SMILES string of the molecule is O=C1OCCC1c1ccc2c(c1)CCO2. The van der Waals surface area contributed by atoms with Crippen molar-refractivity contribution in [2.24, 2.45) is 0 Å². The van der Waals surface area contributed by atoms with Crippen LogP contribution in [0.5, 0.6) is 5.75 Å². The average Bonchev–Trinajstić information content (AvgIpc) is 2.84. The monoisotopic (exact) mass is 204 g/mol. The van der Waals surface area contributed by atoms with E-state index in [9.17, 15) is 4.79 Å². The van der Waals surface area contributed by atoms with Crippen molar-refractivity contribution < 1.29 is 14.3 Å². The number of ether oxygens (including phenoxy) is 2. The molecular weight excluding hydrogens is 192 g/mol. The first-order chi connectivity index (χ1) is 7.34. The van der Waals surface area contributed by atoms with Crippen molar-refractivity contribution in [2.75, 3.05) is 13.2 Å². The number of esters is 1. The molecular formula is C12H12O3. The van der Waals surface area contributed by atoms with E-state index in [2.05, 4.69) is 6.07 Å². The van der Waals surface area contributed by atoms with Crippen molar-refractivity contribution in [1.82, 2.24) is 0 Å². The summed E-state index contributed by atoms with van der Waals surface area (Å²) in [5.74, 6) is 0.815. The van der Waals surface area contributed by atoms with Gasteiger partial charge in [-0.2, -0.15) is 0 Å².